The van der Waals surface area contributed by atoms with Gasteiger partial charge < -0.3 is 4.74 Å². The predicted octanol–water partition coefficient (Wildman–Crippen LogP) is 4.98. The number of ether oxygens (including phenoxy) is 1. The molecule has 1 aliphatic rings. The molecule has 118 valence electrons. The van der Waals surface area contributed by atoms with Crippen molar-refractivity contribution in [3.63, 3.8) is 0 Å². The zero-order valence-corrected chi connectivity index (χ0v) is 13.7. The lowest BCUT2D eigenvalue weighted by atomic mass is 10.1. The van der Waals surface area contributed by atoms with Crippen molar-refractivity contribution in [2.24, 2.45) is 0 Å². The Hall–Kier alpha value is -2.81. The van der Waals surface area contributed by atoms with E-state index in [1.165, 1.54) is 29.1 Å². The van der Waals surface area contributed by atoms with E-state index in [1.54, 1.807) is 0 Å². The van der Waals surface area contributed by atoms with Crippen LogP contribution in [-0.2, 0) is 6.54 Å². The van der Waals surface area contributed by atoms with Crippen LogP contribution in [0, 0.1) is 0 Å². The normalized spacial score (nSPS) is 12.4. The van der Waals surface area contributed by atoms with E-state index < -0.39 is 0 Å². The van der Waals surface area contributed by atoms with E-state index in [0.29, 0.717) is 0 Å². The van der Waals surface area contributed by atoms with Crippen molar-refractivity contribution in [3.05, 3.63) is 60.9 Å². The maximum Gasteiger partial charge on any atom is 0.250 e. The topological polar surface area (TPSA) is 18.0 Å². The molecule has 0 bridgehead atoms. The van der Waals surface area contributed by atoms with E-state index in [2.05, 4.69) is 77.0 Å². The fourth-order valence-electron chi connectivity index (χ4n) is 3.61. The Morgan fingerprint density at radius 3 is 2.62 bits per heavy atom. The lowest BCUT2D eigenvalue weighted by molar-refractivity contribution is -0.672. The highest BCUT2D eigenvalue weighted by Gasteiger charge is 2.28. The third kappa shape index (κ3) is 1.88. The van der Waals surface area contributed by atoms with Gasteiger partial charge in [0.1, 0.15) is 0 Å². The van der Waals surface area contributed by atoms with Crippen molar-refractivity contribution < 1.29 is 9.30 Å². The number of aromatic nitrogens is 2. The Morgan fingerprint density at radius 1 is 0.958 bits per heavy atom. The molecule has 24 heavy (non-hydrogen) atoms. The monoisotopic (exact) mass is 315 g/mol. The summed E-state index contributed by atoms with van der Waals surface area (Å²) in [6.07, 6.45) is 4.59. The molecule has 3 heteroatoms. The molecule has 0 amide bonds. The lowest BCUT2D eigenvalue weighted by Gasteiger charge is -2.15. The summed E-state index contributed by atoms with van der Waals surface area (Å²) in [6.45, 7) is 3.26. The van der Waals surface area contributed by atoms with Gasteiger partial charge in [-0.25, -0.2) is 4.57 Å². The Balaban J connectivity index is 1.80. The van der Waals surface area contributed by atoms with Gasteiger partial charge in [-0.05, 0) is 41.5 Å². The highest BCUT2D eigenvalue weighted by Crippen LogP contribution is 2.41. The van der Waals surface area contributed by atoms with Crippen molar-refractivity contribution in [1.82, 2.24) is 4.57 Å². The van der Waals surface area contributed by atoms with Crippen LogP contribution in [0.3, 0.4) is 0 Å². The molecular weight excluding hydrogens is 296 g/mol. The minimum atomic E-state index is 0.923. The molecule has 0 N–H and O–H groups in total. The lowest BCUT2D eigenvalue weighted by Crippen LogP contribution is -2.31. The average Bonchev–Trinajstić information content (AvgIpc) is 2.99. The summed E-state index contributed by atoms with van der Waals surface area (Å²) in [5, 5.41) is 2.44. The number of rotatable bonds is 3. The Kier molecular flexibility index (Phi) is 2.89. The van der Waals surface area contributed by atoms with E-state index >= 15 is 0 Å². The molecule has 0 spiro atoms. The molecule has 0 unspecified atom stereocenters. The summed E-state index contributed by atoms with van der Waals surface area (Å²) in [7, 11) is 0. The number of benzene rings is 3. The van der Waals surface area contributed by atoms with Crippen LogP contribution < -0.4 is 9.30 Å². The summed E-state index contributed by atoms with van der Waals surface area (Å²) in [6, 6.07) is 19.1. The minimum absolute atomic E-state index is 0.923. The van der Waals surface area contributed by atoms with Gasteiger partial charge in [-0.3, -0.25) is 0 Å². The average molecular weight is 315 g/mol. The van der Waals surface area contributed by atoms with Gasteiger partial charge in [-0.2, -0.15) is 4.57 Å². The fraction of sp³-hybridized carbons (Fsp3) is 0.190. The number of aryl methyl sites for hydroxylation is 1. The molecule has 0 saturated heterocycles. The molecule has 5 rings (SSSR count). The van der Waals surface area contributed by atoms with Gasteiger partial charge in [0, 0.05) is 0 Å². The first-order valence-corrected chi connectivity index (χ1v) is 8.59. The van der Waals surface area contributed by atoms with E-state index in [1.807, 2.05) is 0 Å². The second-order valence-electron chi connectivity index (χ2n) is 6.43. The van der Waals surface area contributed by atoms with Crippen LogP contribution in [0.2, 0.25) is 0 Å². The smallest absolute Gasteiger partial charge is 0.250 e. The van der Waals surface area contributed by atoms with Gasteiger partial charge in [0.05, 0.1) is 6.54 Å². The molecule has 4 aromatic rings. The maximum atomic E-state index is 6.24. The third-order valence-corrected chi connectivity index (χ3v) is 4.84. The van der Waals surface area contributed by atoms with Gasteiger partial charge in [0.2, 0.25) is 11.8 Å². The van der Waals surface area contributed by atoms with Crippen LogP contribution in [0.15, 0.2) is 60.9 Å². The number of unbranched alkanes of at least 4 members (excludes halogenated alkanes) is 1. The zero-order valence-electron chi connectivity index (χ0n) is 13.7. The first-order chi connectivity index (χ1) is 11.8. The molecule has 0 atom stereocenters. The quantitative estimate of drug-likeness (QED) is 0.430. The van der Waals surface area contributed by atoms with Crippen molar-refractivity contribution in [3.8, 4) is 17.2 Å². The molecule has 0 aliphatic carbocycles. The van der Waals surface area contributed by atoms with Gasteiger partial charge in [-0.1, -0.05) is 43.7 Å². The largest absolute Gasteiger partial charge is 0.448 e. The van der Waals surface area contributed by atoms with Gasteiger partial charge in [0.25, 0.3) is 0 Å². The molecule has 1 aliphatic heterocycles. The third-order valence-electron chi connectivity index (χ3n) is 4.84. The Morgan fingerprint density at radius 2 is 1.79 bits per heavy atom. The minimum Gasteiger partial charge on any atom is -0.448 e. The first-order valence-electron chi connectivity index (χ1n) is 8.59. The standard InChI is InChI=1S/C21H19N2O/c1-2-3-11-22-14-23-18-12-15-7-4-5-8-16(15)13-20(18)24-19-10-6-9-17(22)21(19)23/h4-10,12-14H,2-3,11H2,1H3/q+1. The van der Waals surface area contributed by atoms with Crippen molar-refractivity contribution in [2.45, 2.75) is 26.3 Å². The number of imidazole rings is 1. The maximum absolute atomic E-state index is 6.24. The van der Waals surface area contributed by atoms with Crippen LogP contribution in [0.5, 0.6) is 11.5 Å². The zero-order chi connectivity index (χ0) is 16.1. The van der Waals surface area contributed by atoms with Crippen LogP contribution in [0.1, 0.15) is 19.8 Å². The molecule has 3 nitrogen and oxygen atoms in total. The molecule has 2 heterocycles. The second-order valence-corrected chi connectivity index (χ2v) is 6.43. The molecule has 3 aromatic carbocycles. The van der Waals surface area contributed by atoms with Crippen LogP contribution in [0.25, 0.3) is 27.5 Å². The summed E-state index contributed by atoms with van der Waals surface area (Å²) in [5.74, 6) is 1.86. The first kappa shape index (κ1) is 13.6. The highest BCUT2D eigenvalue weighted by molar-refractivity contribution is 5.91. The van der Waals surface area contributed by atoms with Gasteiger partial charge in [0.15, 0.2) is 22.7 Å². The van der Waals surface area contributed by atoms with Gasteiger partial charge in [-0.15, -0.1) is 0 Å². The summed E-state index contributed by atoms with van der Waals surface area (Å²) in [5.41, 5.74) is 3.52. The highest BCUT2D eigenvalue weighted by atomic mass is 16.5. The molecule has 0 fully saturated rings. The number of para-hydroxylation sites is 1. The number of hydrogen-bond donors (Lipinski definition) is 0. The van der Waals surface area contributed by atoms with E-state index in [-0.39, 0.29) is 0 Å². The Bertz CT molecular complexity index is 1080. The van der Waals surface area contributed by atoms with Crippen LogP contribution >= 0.6 is 0 Å². The number of hydrogen-bond acceptors (Lipinski definition) is 1. The number of fused-ring (bicyclic) bond motifs is 3. The molecule has 0 saturated carbocycles. The summed E-state index contributed by atoms with van der Waals surface area (Å²) >= 11 is 0. The predicted molar refractivity (Wildman–Crippen MR) is 96.0 cm³/mol. The van der Waals surface area contributed by atoms with Crippen LogP contribution in [0.4, 0.5) is 0 Å². The van der Waals surface area contributed by atoms with E-state index in [4.69, 9.17) is 4.74 Å². The summed E-state index contributed by atoms with van der Waals surface area (Å²) < 4.78 is 10.9. The SMILES string of the molecule is CCCC[n+]1cn2c3c(cccc31)Oc1cc3ccccc3cc1-2. The summed E-state index contributed by atoms with van der Waals surface area (Å²) in [4.78, 5) is 0. The molecular formula is C21H19N2O+. The van der Waals surface area contributed by atoms with Crippen molar-refractivity contribution in [1.29, 1.82) is 0 Å². The van der Waals surface area contributed by atoms with Gasteiger partial charge >= 0.3 is 0 Å². The van der Waals surface area contributed by atoms with Crippen molar-refractivity contribution in [2.75, 3.05) is 0 Å². The van der Waals surface area contributed by atoms with Crippen LogP contribution in [-0.4, -0.2) is 4.57 Å². The Labute approximate surface area is 140 Å². The molecule has 0 radical (unpaired) electrons. The number of nitrogens with zero attached hydrogens (tertiary/aromatic N) is 2. The molecule has 1 aromatic heterocycles. The van der Waals surface area contributed by atoms with Crippen molar-refractivity contribution >= 4 is 21.8 Å². The fourth-order valence-corrected chi connectivity index (χ4v) is 3.61. The van der Waals surface area contributed by atoms with E-state index in [9.17, 15) is 0 Å². The van der Waals surface area contributed by atoms with E-state index in [0.717, 1.165) is 29.2 Å². The second kappa shape index (κ2) is 5.10.